The van der Waals surface area contributed by atoms with Gasteiger partial charge in [0.15, 0.2) is 0 Å². The highest BCUT2D eigenvalue weighted by atomic mass is 16.5. The fraction of sp³-hybridized carbons (Fsp3) is 0.619. The quantitative estimate of drug-likeness (QED) is 0.772. The minimum absolute atomic E-state index is 0.0289. The van der Waals surface area contributed by atoms with Crippen molar-refractivity contribution < 1.29 is 14.3 Å². The molecular formula is C21H31N3O3. The first-order chi connectivity index (χ1) is 13.0. The summed E-state index contributed by atoms with van der Waals surface area (Å²) in [5.74, 6) is 0.658. The Morgan fingerprint density at radius 2 is 1.85 bits per heavy atom. The van der Waals surface area contributed by atoms with E-state index in [1.165, 1.54) is 25.5 Å². The Kier molecular flexibility index (Phi) is 6.37. The molecular weight excluding hydrogens is 342 g/mol. The molecule has 1 saturated carbocycles. The highest BCUT2D eigenvalue weighted by molar-refractivity contribution is 5.78. The number of hydrogen-bond donors (Lipinski definition) is 2. The Balaban J connectivity index is 1.51. The van der Waals surface area contributed by atoms with Gasteiger partial charge >= 0.3 is 6.03 Å². The van der Waals surface area contributed by atoms with E-state index in [-0.39, 0.29) is 24.1 Å². The van der Waals surface area contributed by atoms with Gasteiger partial charge in [-0.3, -0.25) is 4.79 Å². The van der Waals surface area contributed by atoms with E-state index in [0.29, 0.717) is 19.6 Å². The van der Waals surface area contributed by atoms with Crippen molar-refractivity contribution in [3.63, 3.8) is 0 Å². The van der Waals surface area contributed by atoms with Crippen LogP contribution in [0.4, 0.5) is 4.79 Å². The second-order valence-corrected chi connectivity index (χ2v) is 8.04. The van der Waals surface area contributed by atoms with Crippen LogP contribution in [0.2, 0.25) is 0 Å². The van der Waals surface area contributed by atoms with E-state index in [9.17, 15) is 9.59 Å². The molecule has 3 rings (SSSR count). The van der Waals surface area contributed by atoms with Crippen LogP contribution in [0.15, 0.2) is 24.3 Å². The van der Waals surface area contributed by atoms with E-state index in [4.69, 9.17) is 4.74 Å². The van der Waals surface area contributed by atoms with E-state index >= 15 is 0 Å². The van der Waals surface area contributed by atoms with Crippen LogP contribution in [0.3, 0.4) is 0 Å². The van der Waals surface area contributed by atoms with Gasteiger partial charge in [-0.2, -0.15) is 0 Å². The number of benzene rings is 1. The second-order valence-electron chi connectivity index (χ2n) is 8.04. The zero-order valence-electron chi connectivity index (χ0n) is 16.4. The second kappa shape index (κ2) is 8.74. The van der Waals surface area contributed by atoms with Crippen LogP contribution in [-0.2, 0) is 16.1 Å². The SMILES string of the molecule is COCC(=O)NC1(CC2CC2)CCN(C(=O)NCc2ccc(C)cc2)CC1. The summed E-state index contributed by atoms with van der Waals surface area (Å²) in [6.07, 6.45) is 5.13. The molecule has 1 aliphatic carbocycles. The van der Waals surface area contributed by atoms with Crippen LogP contribution in [0.25, 0.3) is 0 Å². The van der Waals surface area contributed by atoms with Crippen LogP contribution >= 0.6 is 0 Å². The first-order valence-electron chi connectivity index (χ1n) is 9.88. The number of rotatable bonds is 7. The number of likely N-dealkylation sites (tertiary alicyclic amines) is 1. The Hall–Kier alpha value is -2.08. The van der Waals surface area contributed by atoms with Gasteiger partial charge in [0, 0.05) is 32.3 Å². The van der Waals surface area contributed by atoms with Crippen LogP contribution in [-0.4, -0.2) is 49.2 Å². The zero-order chi connectivity index (χ0) is 19.3. The number of methoxy groups -OCH3 is 1. The molecule has 27 heavy (non-hydrogen) atoms. The molecule has 0 unspecified atom stereocenters. The highest BCUT2D eigenvalue weighted by Gasteiger charge is 2.41. The number of hydrogen-bond acceptors (Lipinski definition) is 3. The molecule has 0 atom stereocenters. The van der Waals surface area contributed by atoms with Gasteiger partial charge < -0.3 is 20.3 Å². The summed E-state index contributed by atoms with van der Waals surface area (Å²) in [5, 5.41) is 6.21. The predicted molar refractivity (Wildman–Crippen MR) is 104 cm³/mol. The predicted octanol–water partition coefficient (Wildman–Crippen LogP) is 2.60. The molecule has 1 heterocycles. The Morgan fingerprint density at radius 3 is 2.44 bits per heavy atom. The number of ether oxygens (including phenoxy) is 1. The van der Waals surface area contributed by atoms with Crippen molar-refractivity contribution in [2.75, 3.05) is 26.8 Å². The van der Waals surface area contributed by atoms with Gasteiger partial charge in [-0.1, -0.05) is 42.7 Å². The number of carbonyl (C=O) groups excluding carboxylic acids is 2. The number of piperidine rings is 1. The van der Waals surface area contributed by atoms with Crippen molar-refractivity contribution in [2.24, 2.45) is 5.92 Å². The molecule has 2 aliphatic rings. The minimum atomic E-state index is -0.190. The number of urea groups is 1. The molecule has 0 spiro atoms. The third-order valence-electron chi connectivity index (χ3n) is 5.63. The Morgan fingerprint density at radius 1 is 1.19 bits per heavy atom. The van der Waals surface area contributed by atoms with Crippen LogP contribution in [0, 0.1) is 12.8 Å². The maximum Gasteiger partial charge on any atom is 0.317 e. The first kappa shape index (κ1) is 19.7. The zero-order valence-corrected chi connectivity index (χ0v) is 16.4. The first-order valence-corrected chi connectivity index (χ1v) is 9.88. The fourth-order valence-corrected chi connectivity index (χ4v) is 3.85. The number of amides is 3. The monoisotopic (exact) mass is 373 g/mol. The molecule has 0 bridgehead atoms. The van der Waals surface area contributed by atoms with Gasteiger partial charge in [0.25, 0.3) is 0 Å². The summed E-state index contributed by atoms with van der Waals surface area (Å²) in [7, 11) is 1.54. The number of nitrogens with one attached hydrogen (secondary N) is 2. The van der Waals surface area contributed by atoms with E-state index in [1.54, 1.807) is 0 Å². The van der Waals surface area contributed by atoms with E-state index in [0.717, 1.165) is 30.7 Å². The summed E-state index contributed by atoms with van der Waals surface area (Å²) >= 11 is 0. The lowest BCUT2D eigenvalue weighted by Gasteiger charge is -2.42. The maximum atomic E-state index is 12.5. The van der Waals surface area contributed by atoms with E-state index in [1.807, 2.05) is 17.0 Å². The molecule has 148 valence electrons. The van der Waals surface area contributed by atoms with Gasteiger partial charge in [-0.25, -0.2) is 4.79 Å². The minimum Gasteiger partial charge on any atom is -0.375 e. The molecule has 3 amide bonds. The van der Waals surface area contributed by atoms with Crippen LogP contribution in [0.1, 0.15) is 43.2 Å². The molecule has 1 saturated heterocycles. The number of aryl methyl sites for hydroxylation is 1. The molecule has 1 aliphatic heterocycles. The molecule has 6 heteroatoms. The summed E-state index contributed by atoms with van der Waals surface area (Å²) in [6, 6.07) is 8.16. The lowest BCUT2D eigenvalue weighted by atomic mass is 9.82. The maximum absolute atomic E-state index is 12.5. The normalized spacial score (nSPS) is 18.8. The van der Waals surface area contributed by atoms with E-state index in [2.05, 4.69) is 29.7 Å². The third-order valence-corrected chi connectivity index (χ3v) is 5.63. The topological polar surface area (TPSA) is 70.7 Å². The van der Waals surface area contributed by atoms with Gasteiger partial charge in [0.2, 0.25) is 5.91 Å². The summed E-state index contributed by atoms with van der Waals surface area (Å²) in [6.45, 7) is 4.01. The highest BCUT2D eigenvalue weighted by Crippen LogP contribution is 2.40. The van der Waals surface area contributed by atoms with Crippen molar-refractivity contribution in [1.82, 2.24) is 15.5 Å². The summed E-state index contributed by atoms with van der Waals surface area (Å²) < 4.78 is 4.96. The van der Waals surface area contributed by atoms with Crippen molar-refractivity contribution in [3.8, 4) is 0 Å². The van der Waals surface area contributed by atoms with Gasteiger partial charge in [0.05, 0.1) is 0 Å². The van der Waals surface area contributed by atoms with Crippen LogP contribution in [0.5, 0.6) is 0 Å². The summed E-state index contributed by atoms with van der Waals surface area (Å²) in [5.41, 5.74) is 2.12. The molecule has 6 nitrogen and oxygen atoms in total. The average molecular weight is 373 g/mol. The van der Waals surface area contributed by atoms with Crippen molar-refractivity contribution >= 4 is 11.9 Å². The molecule has 0 aromatic heterocycles. The molecule has 2 fully saturated rings. The van der Waals surface area contributed by atoms with Gasteiger partial charge in [-0.15, -0.1) is 0 Å². The van der Waals surface area contributed by atoms with Crippen molar-refractivity contribution in [1.29, 1.82) is 0 Å². The molecule has 2 N–H and O–H groups in total. The molecule has 1 aromatic rings. The van der Waals surface area contributed by atoms with Gasteiger partial charge in [0.1, 0.15) is 6.61 Å². The van der Waals surface area contributed by atoms with E-state index < -0.39 is 0 Å². The smallest absolute Gasteiger partial charge is 0.317 e. The molecule has 0 radical (unpaired) electrons. The number of carbonyl (C=O) groups is 2. The average Bonchev–Trinajstić information content (AvgIpc) is 3.45. The molecule has 1 aromatic carbocycles. The Labute approximate surface area is 161 Å². The lowest BCUT2D eigenvalue weighted by Crippen LogP contribution is -2.58. The largest absolute Gasteiger partial charge is 0.375 e. The standard InChI is InChI=1S/C21H31N3O3/c1-16-3-5-18(6-4-16)14-22-20(26)24-11-9-21(10-12-24,13-17-7-8-17)23-19(25)15-27-2/h3-6,17H,7-15H2,1-2H3,(H,22,26)(H,23,25). The lowest BCUT2D eigenvalue weighted by molar-refractivity contribution is -0.127. The number of nitrogens with zero attached hydrogens (tertiary/aromatic N) is 1. The van der Waals surface area contributed by atoms with Crippen molar-refractivity contribution in [2.45, 2.75) is 51.1 Å². The Bertz CT molecular complexity index is 647. The third kappa shape index (κ3) is 5.70. The van der Waals surface area contributed by atoms with Crippen LogP contribution < -0.4 is 10.6 Å². The fourth-order valence-electron chi connectivity index (χ4n) is 3.85. The van der Waals surface area contributed by atoms with Crippen molar-refractivity contribution in [3.05, 3.63) is 35.4 Å². The van der Waals surface area contributed by atoms with Gasteiger partial charge in [-0.05, 0) is 37.7 Å². The summed E-state index contributed by atoms with van der Waals surface area (Å²) in [4.78, 5) is 26.5.